The lowest BCUT2D eigenvalue weighted by Crippen LogP contribution is -2.25. The van der Waals surface area contributed by atoms with Crippen molar-refractivity contribution in [1.29, 1.82) is 0 Å². The van der Waals surface area contributed by atoms with E-state index in [9.17, 15) is 4.79 Å². The first-order valence-corrected chi connectivity index (χ1v) is 6.60. The number of carbonyl (C=O) groups excluding carboxylic acids is 1. The Morgan fingerprint density at radius 1 is 1.44 bits per heavy atom. The Balaban J connectivity index is 1.84. The maximum Gasteiger partial charge on any atom is 0.168 e. The summed E-state index contributed by atoms with van der Waals surface area (Å²) < 4.78 is 10.9. The van der Waals surface area contributed by atoms with Gasteiger partial charge in [-0.1, -0.05) is 11.6 Å². The van der Waals surface area contributed by atoms with Gasteiger partial charge in [0.25, 0.3) is 0 Å². The Morgan fingerprint density at radius 3 is 2.89 bits per heavy atom. The van der Waals surface area contributed by atoms with E-state index in [0.29, 0.717) is 16.3 Å². The van der Waals surface area contributed by atoms with Crippen LogP contribution in [0.4, 0.5) is 0 Å². The normalized spacial score (nSPS) is 29.6. The van der Waals surface area contributed by atoms with Gasteiger partial charge < -0.3 is 9.47 Å². The molecule has 3 rings (SSSR count). The third kappa shape index (κ3) is 1.91. The summed E-state index contributed by atoms with van der Waals surface area (Å²) in [6.07, 6.45) is 3.36. The smallest absolute Gasteiger partial charge is 0.168 e. The average molecular weight is 267 g/mol. The molecule has 4 heteroatoms. The third-order valence-electron chi connectivity index (χ3n) is 3.88. The highest BCUT2D eigenvalue weighted by Crippen LogP contribution is 2.40. The minimum Gasteiger partial charge on any atom is -0.495 e. The Hall–Kier alpha value is -1.06. The lowest BCUT2D eigenvalue weighted by Gasteiger charge is -2.17. The molecule has 2 fully saturated rings. The summed E-state index contributed by atoms with van der Waals surface area (Å²) >= 11 is 5.96. The second-order valence-electron chi connectivity index (χ2n) is 4.93. The van der Waals surface area contributed by atoms with Gasteiger partial charge in [0, 0.05) is 5.56 Å². The molecule has 0 amide bonds. The van der Waals surface area contributed by atoms with E-state index in [1.165, 1.54) is 0 Å². The van der Waals surface area contributed by atoms with Crippen LogP contribution < -0.4 is 4.74 Å². The molecule has 2 aliphatic rings. The van der Waals surface area contributed by atoms with Gasteiger partial charge >= 0.3 is 0 Å². The molecule has 96 valence electrons. The highest BCUT2D eigenvalue weighted by atomic mass is 35.5. The van der Waals surface area contributed by atoms with Crippen LogP contribution in [0.2, 0.25) is 5.02 Å². The summed E-state index contributed by atoms with van der Waals surface area (Å²) in [6, 6.07) is 5.19. The number of hydrogen-bond acceptors (Lipinski definition) is 3. The molecule has 1 aromatic carbocycles. The van der Waals surface area contributed by atoms with Crippen LogP contribution in [0, 0.1) is 5.92 Å². The topological polar surface area (TPSA) is 35.5 Å². The van der Waals surface area contributed by atoms with E-state index < -0.39 is 0 Å². The molecule has 0 radical (unpaired) electrons. The van der Waals surface area contributed by atoms with E-state index in [1.807, 2.05) is 0 Å². The highest BCUT2D eigenvalue weighted by Gasteiger charge is 2.44. The van der Waals surface area contributed by atoms with E-state index in [-0.39, 0.29) is 23.9 Å². The molecule has 0 aromatic heterocycles. The zero-order valence-electron chi connectivity index (χ0n) is 10.2. The number of halogens is 1. The molecule has 0 saturated carbocycles. The van der Waals surface area contributed by atoms with Gasteiger partial charge in [-0.25, -0.2) is 0 Å². The number of fused-ring (bicyclic) bond motifs is 2. The minimum atomic E-state index is 0.00892. The van der Waals surface area contributed by atoms with Gasteiger partial charge in [0.2, 0.25) is 0 Å². The molecule has 0 spiro atoms. The van der Waals surface area contributed by atoms with E-state index in [0.717, 1.165) is 19.3 Å². The molecule has 3 atom stereocenters. The van der Waals surface area contributed by atoms with Gasteiger partial charge in [-0.3, -0.25) is 4.79 Å². The van der Waals surface area contributed by atoms with Crippen LogP contribution in [-0.2, 0) is 4.74 Å². The number of Topliss-reactive ketones (excluding diaryl/α,β-unsaturated/α-hetero) is 1. The summed E-state index contributed by atoms with van der Waals surface area (Å²) in [5.41, 5.74) is 0.664. The lowest BCUT2D eigenvalue weighted by molar-refractivity contribution is 0.0743. The number of rotatable bonds is 3. The van der Waals surface area contributed by atoms with Crippen molar-refractivity contribution in [1.82, 2.24) is 0 Å². The summed E-state index contributed by atoms with van der Waals surface area (Å²) in [7, 11) is 1.55. The first-order valence-electron chi connectivity index (χ1n) is 6.22. The second-order valence-corrected chi connectivity index (χ2v) is 5.34. The number of ether oxygens (including phenoxy) is 2. The van der Waals surface area contributed by atoms with E-state index in [2.05, 4.69) is 0 Å². The lowest BCUT2D eigenvalue weighted by atomic mass is 9.84. The minimum absolute atomic E-state index is 0.00892. The van der Waals surface area contributed by atoms with Crippen LogP contribution in [0.25, 0.3) is 0 Å². The molecule has 18 heavy (non-hydrogen) atoms. The van der Waals surface area contributed by atoms with E-state index >= 15 is 0 Å². The largest absolute Gasteiger partial charge is 0.495 e. The zero-order chi connectivity index (χ0) is 12.7. The van der Waals surface area contributed by atoms with Crippen LogP contribution in [0.3, 0.4) is 0 Å². The van der Waals surface area contributed by atoms with Gasteiger partial charge in [-0.2, -0.15) is 0 Å². The Morgan fingerprint density at radius 2 is 2.28 bits per heavy atom. The predicted octanol–water partition coefficient (Wildman–Crippen LogP) is 3.10. The van der Waals surface area contributed by atoms with Crippen LogP contribution in [0.1, 0.15) is 29.6 Å². The second kappa shape index (κ2) is 4.56. The van der Waals surface area contributed by atoms with Crippen molar-refractivity contribution in [3.8, 4) is 5.75 Å². The Labute approximate surface area is 111 Å². The van der Waals surface area contributed by atoms with Gasteiger partial charge in [0.1, 0.15) is 5.75 Å². The van der Waals surface area contributed by atoms with Crippen molar-refractivity contribution >= 4 is 17.4 Å². The molecule has 2 aliphatic heterocycles. The maximum atomic E-state index is 12.4. The molecular formula is C14H15ClO3. The average Bonchev–Trinajstić information content (AvgIpc) is 3.00. The number of carbonyl (C=O) groups is 1. The summed E-state index contributed by atoms with van der Waals surface area (Å²) in [5.74, 6) is 0.707. The molecule has 2 bridgehead atoms. The summed E-state index contributed by atoms with van der Waals surface area (Å²) in [4.78, 5) is 12.4. The fraction of sp³-hybridized carbons (Fsp3) is 0.500. The zero-order valence-corrected chi connectivity index (χ0v) is 10.9. The molecule has 0 N–H and O–H groups in total. The van der Waals surface area contributed by atoms with Gasteiger partial charge in [0.15, 0.2) is 5.78 Å². The maximum absolute atomic E-state index is 12.4. The fourth-order valence-electron chi connectivity index (χ4n) is 2.94. The molecule has 1 aromatic rings. The Kier molecular flexibility index (Phi) is 3.04. The predicted molar refractivity (Wildman–Crippen MR) is 68.3 cm³/mol. The summed E-state index contributed by atoms with van der Waals surface area (Å²) in [5, 5.41) is 0.526. The molecule has 3 unspecified atom stereocenters. The molecule has 3 nitrogen and oxygen atoms in total. The van der Waals surface area contributed by atoms with Crippen molar-refractivity contribution in [2.45, 2.75) is 31.5 Å². The number of benzene rings is 1. The number of hydrogen-bond donors (Lipinski definition) is 0. The monoisotopic (exact) mass is 266 g/mol. The quantitative estimate of drug-likeness (QED) is 0.789. The van der Waals surface area contributed by atoms with Crippen LogP contribution in [0.15, 0.2) is 18.2 Å². The SMILES string of the molecule is COc1cc(C(=O)C2CC3CCC2O3)ccc1Cl. The van der Waals surface area contributed by atoms with Crippen molar-refractivity contribution in [3.63, 3.8) is 0 Å². The van der Waals surface area contributed by atoms with Gasteiger partial charge in [0.05, 0.1) is 30.3 Å². The molecule has 0 aliphatic carbocycles. The highest BCUT2D eigenvalue weighted by molar-refractivity contribution is 6.32. The van der Waals surface area contributed by atoms with Gasteiger partial charge in [-0.15, -0.1) is 0 Å². The molecular weight excluding hydrogens is 252 g/mol. The van der Waals surface area contributed by atoms with E-state index in [1.54, 1.807) is 25.3 Å². The van der Waals surface area contributed by atoms with Crippen LogP contribution >= 0.6 is 11.6 Å². The van der Waals surface area contributed by atoms with E-state index in [4.69, 9.17) is 21.1 Å². The van der Waals surface area contributed by atoms with Crippen molar-refractivity contribution in [2.75, 3.05) is 7.11 Å². The fourth-order valence-corrected chi connectivity index (χ4v) is 3.14. The summed E-state index contributed by atoms with van der Waals surface area (Å²) in [6.45, 7) is 0. The van der Waals surface area contributed by atoms with Crippen molar-refractivity contribution in [2.24, 2.45) is 5.92 Å². The first-order chi connectivity index (χ1) is 8.69. The Bertz CT molecular complexity index is 486. The molecule has 2 saturated heterocycles. The third-order valence-corrected chi connectivity index (χ3v) is 4.19. The van der Waals surface area contributed by atoms with Gasteiger partial charge in [-0.05, 0) is 37.5 Å². The number of ketones is 1. The van der Waals surface area contributed by atoms with Crippen LogP contribution in [0.5, 0.6) is 5.75 Å². The van der Waals surface area contributed by atoms with Crippen molar-refractivity contribution in [3.05, 3.63) is 28.8 Å². The standard InChI is InChI=1S/C14H15ClO3/c1-17-13-6-8(2-4-11(13)15)14(16)10-7-9-3-5-12(10)18-9/h2,4,6,9-10,12H,3,5,7H2,1H3. The van der Waals surface area contributed by atoms with Crippen molar-refractivity contribution < 1.29 is 14.3 Å². The first kappa shape index (κ1) is 12.0. The van der Waals surface area contributed by atoms with Crippen LogP contribution in [-0.4, -0.2) is 25.1 Å². The number of methoxy groups -OCH3 is 1. The molecule has 2 heterocycles.